The van der Waals surface area contributed by atoms with Crippen molar-refractivity contribution in [2.24, 2.45) is 0 Å². The Morgan fingerprint density at radius 2 is 1.54 bits per heavy atom. The molecule has 0 aliphatic heterocycles. The Morgan fingerprint density at radius 3 is 2.04 bits per heavy atom. The summed E-state index contributed by atoms with van der Waals surface area (Å²) in [5, 5.41) is 19.6. The van der Waals surface area contributed by atoms with Gasteiger partial charge in [-0.1, -0.05) is 44.1 Å². The van der Waals surface area contributed by atoms with Crippen LogP contribution in [0.15, 0.2) is 24.3 Å². The molecule has 2 N–H and O–H groups in total. The van der Waals surface area contributed by atoms with Crippen LogP contribution >= 0.6 is 0 Å². The molecule has 0 aromatic heterocycles. The van der Waals surface area contributed by atoms with E-state index in [1.54, 1.807) is 0 Å². The standard InChI is InChI=1S/C21H37NO4/c1-5-6-7-8-9-10-11-12-13-14-15-16-19(23)21(26,17-20(24)25)18-22(2,3)4/h9-10,12-13,26H,5-8,11,14-18H2,1-4H3/p+1/b10-9?,13-12+. The lowest BCUT2D eigenvalue weighted by Gasteiger charge is -2.33. The molecule has 0 aliphatic rings. The molecule has 26 heavy (non-hydrogen) atoms. The molecule has 0 saturated carbocycles. The van der Waals surface area contributed by atoms with Gasteiger partial charge in [-0.05, 0) is 32.1 Å². The highest BCUT2D eigenvalue weighted by Gasteiger charge is 2.42. The predicted octanol–water partition coefficient (Wildman–Crippen LogP) is 3.72. The predicted molar refractivity (Wildman–Crippen MR) is 106 cm³/mol. The van der Waals surface area contributed by atoms with Crippen molar-refractivity contribution in [2.45, 2.75) is 70.3 Å². The van der Waals surface area contributed by atoms with Gasteiger partial charge in [0.05, 0.1) is 27.6 Å². The quantitative estimate of drug-likeness (QED) is 0.262. The molecular weight excluding hydrogens is 330 g/mol. The van der Waals surface area contributed by atoms with Gasteiger partial charge in [-0.25, -0.2) is 0 Å². The van der Waals surface area contributed by atoms with Gasteiger partial charge in [0.25, 0.3) is 0 Å². The Balaban J connectivity index is 4.23. The smallest absolute Gasteiger partial charge is 0.306 e. The van der Waals surface area contributed by atoms with Gasteiger partial charge in [0, 0.05) is 6.42 Å². The number of carboxylic acid groups (broad SMARTS) is 1. The van der Waals surface area contributed by atoms with E-state index in [1.807, 2.05) is 27.2 Å². The molecular formula is C21H38NO4+. The number of carboxylic acids is 1. The van der Waals surface area contributed by atoms with Gasteiger partial charge in [-0.2, -0.15) is 0 Å². The number of unbranched alkanes of at least 4 members (excludes halogenated alkanes) is 4. The molecule has 1 atom stereocenters. The van der Waals surface area contributed by atoms with Crippen LogP contribution in [0.25, 0.3) is 0 Å². The summed E-state index contributed by atoms with van der Waals surface area (Å²) in [6.45, 7) is 2.29. The van der Waals surface area contributed by atoms with E-state index in [2.05, 4.69) is 25.2 Å². The summed E-state index contributed by atoms with van der Waals surface area (Å²) in [5.74, 6) is -1.53. The van der Waals surface area contributed by atoms with E-state index in [9.17, 15) is 14.7 Å². The van der Waals surface area contributed by atoms with E-state index in [4.69, 9.17) is 5.11 Å². The molecule has 1 unspecified atom stereocenters. The lowest BCUT2D eigenvalue weighted by Crippen LogP contribution is -2.54. The topological polar surface area (TPSA) is 74.6 Å². The molecule has 0 aliphatic carbocycles. The molecule has 0 aromatic rings. The lowest BCUT2D eigenvalue weighted by molar-refractivity contribution is -0.875. The Bertz CT molecular complexity index is 477. The summed E-state index contributed by atoms with van der Waals surface area (Å²) in [6.07, 6.45) is 15.3. The maximum atomic E-state index is 12.4. The zero-order chi connectivity index (χ0) is 20.1. The minimum absolute atomic E-state index is 0.0940. The number of allylic oxidation sites excluding steroid dienone is 4. The maximum Gasteiger partial charge on any atom is 0.306 e. The summed E-state index contributed by atoms with van der Waals surface area (Å²) in [5.41, 5.74) is -1.80. The molecule has 5 heteroatoms. The van der Waals surface area contributed by atoms with Gasteiger partial charge in [0.1, 0.15) is 6.54 Å². The molecule has 0 radical (unpaired) electrons. The summed E-state index contributed by atoms with van der Waals surface area (Å²) in [6, 6.07) is 0. The van der Waals surface area contributed by atoms with Crippen molar-refractivity contribution in [3.05, 3.63) is 24.3 Å². The zero-order valence-electron chi connectivity index (χ0n) is 17.0. The van der Waals surface area contributed by atoms with Crippen molar-refractivity contribution in [3.63, 3.8) is 0 Å². The van der Waals surface area contributed by atoms with Crippen molar-refractivity contribution in [3.8, 4) is 0 Å². The second kappa shape index (κ2) is 12.8. The van der Waals surface area contributed by atoms with E-state index >= 15 is 0 Å². The number of hydrogen-bond acceptors (Lipinski definition) is 3. The largest absolute Gasteiger partial charge is 0.481 e. The van der Waals surface area contributed by atoms with E-state index in [0.717, 1.165) is 19.3 Å². The van der Waals surface area contributed by atoms with Crippen molar-refractivity contribution in [2.75, 3.05) is 27.7 Å². The Labute approximate surface area is 159 Å². The number of aliphatic hydroxyl groups is 1. The first kappa shape index (κ1) is 24.5. The third-order valence-corrected chi connectivity index (χ3v) is 4.05. The third kappa shape index (κ3) is 12.8. The average molecular weight is 369 g/mol. The molecule has 0 aromatic carbocycles. The second-order valence-electron chi connectivity index (χ2n) is 8.04. The summed E-state index contributed by atoms with van der Waals surface area (Å²) < 4.78 is 0.333. The second-order valence-corrected chi connectivity index (χ2v) is 8.04. The molecule has 5 nitrogen and oxygen atoms in total. The normalized spacial score (nSPS) is 14.8. The van der Waals surface area contributed by atoms with Gasteiger partial charge < -0.3 is 14.7 Å². The number of likely N-dealkylation sites (N-methyl/N-ethyl adjacent to an activating group) is 1. The fourth-order valence-electron chi connectivity index (χ4n) is 2.91. The maximum absolute atomic E-state index is 12.4. The van der Waals surface area contributed by atoms with Gasteiger partial charge in [-0.15, -0.1) is 0 Å². The Kier molecular flexibility index (Phi) is 12.1. The number of Topliss-reactive ketones (excluding diaryl/α,β-unsaturated/α-hetero) is 1. The van der Waals surface area contributed by atoms with Crippen LogP contribution in [0.2, 0.25) is 0 Å². The summed E-state index contributed by atoms with van der Waals surface area (Å²) in [7, 11) is 5.50. The Morgan fingerprint density at radius 1 is 0.962 bits per heavy atom. The average Bonchev–Trinajstić information content (AvgIpc) is 2.49. The number of rotatable bonds is 15. The summed E-state index contributed by atoms with van der Waals surface area (Å²) in [4.78, 5) is 23.4. The molecule has 0 amide bonds. The minimum atomic E-state index is -1.80. The van der Waals surface area contributed by atoms with E-state index in [0.29, 0.717) is 10.9 Å². The van der Waals surface area contributed by atoms with Gasteiger partial charge in [-0.3, -0.25) is 9.59 Å². The molecule has 0 fully saturated rings. The van der Waals surface area contributed by atoms with Crippen LogP contribution < -0.4 is 0 Å². The van der Waals surface area contributed by atoms with E-state index in [1.165, 1.54) is 19.3 Å². The van der Waals surface area contributed by atoms with Gasteiger partial charge in [0.15, 0.2) is 11.4 Å². The number of quaternary nitrogens is 1. The van der Waals surface area contributed by atoms with Crippen LogP contribution in [-0.2, 0) is 9.59 Å². The first-order chi connectivity index (χ1) is 12.1. The van der Waals surface area contributed by atoms with Gasteiger partial charge in [0.2, 0.25) is 0 Å². The summed E-state index contributed by atoms with van der Waals surface area (Å²) >= 11 is 0. The number of ketones is 1. The number of aliphatic carboxylic acids is 1. The van der Waals surface area contributed by atoms with Crippen LogP contribution in [0.1, 0.15) is 64.7 Å². The molecule has 150 valence electrons. The van der Waals surface area contributed by atoms with Crippen molar-refractivity contribution in [1.29, 1.82) is 0 Å². The molecule has 0 bridgehead atoms. The fourth-order valence-corrected chi connectivity index (χ4v) is 2.91. The van der Waals surface area contributed by atoms with Gasteiger partial charge >= 0.3 is 5.97 Å². The zero-order valence-corrected chi connectivity index (χ0v) is 17.0. The highest BCUT2D eigenvalue weighted by atomic mass is 16.4. The Hall–Kier alpha value is -1.46. The minimum Gasteiger partial charge on any atom is -0.481 e. The number of carbonyl (C=O) groups is 2. The monoisotopic (exact) mass is 368 g/mol. The molecule has 0 rings (SSSR count). The van der Waals surface area contributed by atoms with Crippen LogP contribution in [0, 0.1) is 0 Å². The number of hydrogen-bond donors (Lipinski definition) is 2. The first-order valence-electron chi connectivity index (χ1n) is 9.68. The third-order valence-electron chi connectivity index (χ3n) is 4.05. The van der Waals surface area contributed by atoms with E-state index in [-0.39, 0.29) is 18.7 Å². The molecule has 0 spiro atoms. The fraction of sp³-hybridized carbons (Fsp3) is 0.714. The molecule has 0 heterocycles. The van der Waals surface area contributed by atoms with Crippen molar-refractivity contribution >= 4 is 11.8 Å². The lowest BCUT2D eigenvalue weighted by atomic mass is 9.90. The van der Waals surface area contributed by atoms with Crippen LogP contribution in [0.3, 0.4) is 0 Å². The van der Waals surface area contributed by atoms with Crippen LogP contribution in [0.4, 0.5) is 0 Å². The van der Waals surface area contributed by atoms with E-state index < -0.39 is 18.0 Å². The van der Waals surface area contributed by atoms with Crippen LogP contribution in [-0.4, -0.2) is 59.7 Å². The highest BCUT2D eigenvalue weighted by Crippen LogP contribution is 2.19. The van der Waals surface area contributed by atoms with Crippen molar-refractivity contribution in [1.82, 2.24) is 0 Å². The molecule has 0 saturated heterocycles. The number of nitrogens with zero attached hydrogens (tertiary/aromatic N) is 1. The van der Waals surface area contributed by atoms with Crippen LogP contribution in [0.5, 0.6) is 0 Å². The first-order valence-corrected chi connectivity index (χ1v) is 9.68. The number of carbonyl (C=O) groups excluding carboxylic acids is 1. The highest BCUT2D eigenvalue weighted by molar-refractivity contribution is 5.91. The van der Waals surface area contributed by atoms with Crippen molar-refractivity contribution < 1.29 is 24.3 Å². The SMILES string of the molecule is CCCCCC=CC/C=C/CCCC(=O)C(O)(CC(=O)O)C[N+](C)(C)C.